The van der Waals surface area contributed by atoms with Gasteiger partial charge in [-0.25, -0.2) is 4.98 Å². The summed E-state index contributed by atoms with van der Waals surface area (Å²) in [5.74, 6) is 1.70. The molecule has 3 aromatic rings. The summed E-state index contributed by atoms with van der Waals surface area (Å²) in [5, 5.41) is 6.69. The van der Waals surface area contributed by atoms with E-state index >= 15 is 0 Å². The fourth-order valence-corrected chi connectivity index (χ4v) is 3.57. The Hall–Kier alpha value is -2.18. The van der Waals surface area contributed by atoms with Crippen molar-refractivity contribution in [3.05, 3.63) is 46.7 Å². The number of ether oxygens (including phenoxy) is 1. The predicted octanol–water partition coefficient (Wildman–Crippen LogP) is 3.18. The summed E-state index contributed by atoms with van der Waals surface area (Å²) in [7, 11) is 0. The van der Waals surface area contributed by atoms with Crippen molar-refractivity contribution >= 4 is 34.0 Å². The van der Waals surface area contributed by atoms with Gasteiger partial charge in [-0.05, 0) is 30.0 Å². The van der Waals surface area contributed by atoms with Gasteiger partial charge in [0.15, 0.2) is 0 Å². The number of para-hydroxylation sites is 1. The Kier molecular flexibility index (Phi) is 4.57. The van der Waals surface area contributed by atoms with E-state index in [9.17, 15) is 0 Å². The van der Waals surface area contributed by atoms with Crippen LogP contribution >= 0.6 is 11.3 Å². The number of hydrogen-bond acceptors (Lipinski definition) is 6. The number of nitrogens with zero attached hydrogens (tertiary/aromatic N) is 3. The van der Waals surface area contributed by atoms with Gasteiger partial charge in [-0.15, -0.1) is 11.3 Å². The Morgan fingerprint density at radius 1 is 1.08 bits per heavy atom. The first-order chi connectivity index (χ1) is 11.9. The quantitative estimate of drug-likeness (QED) is 0.773. The van der Waals surface area contributed by atoms with E-state index in [0.717, 1.165) is 61.9 Å². The number of aromatic nitrogens is 2. The maximum absolute atomic E-state index is 5.43. The van der Waals surface area contributed by atoms with E-state index in [4.69, 9.17) is 14.7 Å². The maximum Gasteiger partial charge on any atom is 0.228 e. The van der Waals surface area contributed by atoms with Crippen LogP contribution in [0.3, 0.4) is 0 Å². The summed E-state index contributed by atoms with van der Waals surface area (Å²) in [6.45, 7) is 4.01. The van der Waals surface area contributed by atoms with Gasteiger partial charge in [-0.2, -0.15) is 4.98 Å². The molecule has 0 bridgehead atoms. The monoisotopic (exact) mass is 340 g/mol. The van der Waals surface area contributed by atoms with E-state index in [0.29, 0.717) is 0 Å². The first kappa shape index (κ1) is 15.4. The highest BCUT2D eigenvalue weighted by molar-refractivity contribution is 7.09. The van der Waals surface area contributed by atoms with E-state index in [1.54, 1.807) is 11.3 Å². The Bertz CT molecular complexity index is 800. The van der Waals surface area contributed by atoms with Crippen LogP contribution in [0.4, 0.5) is 11.8 Å². The lowest BCUT2D eigenvalue weighted by Crippen LogP contribution is -2.37. The van der Waals surface area contributed by atoms with Crippen LogP contribution in [-0.2, 0) is 11.2 Å². The van der Waals surface area contributed by atoms with E-state index in [2.05, 4.69) is 33.8 Å². The average Bonchev–Trinajstić information content (AvgIpc) is 3.16. The van der Waals surface area contributed by atoms with Crippen molar-refractivity contribution in [2.45, 2.75) is 6.42 Å². The average molecular weight is 340 g/mol. The lowest BCUT2D eigenvalue weighted by atomic mass is 10.2. The number of rotatable bonds is 5. The molecule has 124 valence electrons. The lowest BCUT2D eigenvalue weighted by molar-refractivity contribution is 0.122. The second-order valence-electron chi connectivity index (χ2n) is 5.74. The van der Waals surface area contributed by atoms with Crippen molar-refractivity contribution in [2.75, 3.05) is 43.1 Å². The molecule has 4 rings (SSSR count). The summed E-state index contributed by atoms with van der Waals surface area (Å²) >= 11 is 1.79. The molecule has 0 saturated carbocycles. The highest BCUT2D eigenvalue weighted by atomic mass is 32.1. The number of nitrogens with one attached hydrogen (secondary N) is 1. The van der Waals surface area contributed by atoms with Crippen molar-refractivity contribution in [1.82, 2.24) is 9.97 Å². The summed E-state index contributed by atoms with van der Waals surface area (Å²) in [6, 6.07) is 12.4. The third-order valence-corrected chi connectivity index (χ3v) is 5.07. The van der Waals surface area contributed by atoms with Gasteiger partial charge >= 0.3 is 0 Å². The largest absolute Gasteiger partial charge is 0.378 e. The Morgan fingerprint density at radius 3 is 2.79 bits per heavy atom. The van der Waals surface area contributed by atoms with Crippen molar-refractivity contribution in [3.8, 4) is 0 Å². The third-order valence-electron chi connectivity index (χ3n) is 4.13. The molecule has 1 aliphatic heterocycles. The highest BCUT2D eigenvalue weighted by Gasteiger charge is 2.16. The van der Waals surface area contributed by atoms with Gasteiger partial charge in [0.2, 0.25) is 5.95 Å². The fraction of sp³-hybridized carbons (Fsp3) is 0.333. The normalized spacial score (nSPS) is 14.9. The van der Waals surface area contributed by atoms with Crippen LogP contribution in [0.25, 0.3) is 10.9 Å². The van der Waals surface area contributed by atoms with Crippen LogP contribution in [0.15, 0.2) is 41.8 Å². The summed E-state index contributed by atoms with van der Waals surface area (Å²) in [5.41, 5.74) is 0.979. The minimum Gasteiger partial charge on any atom is -0.378 e. The second-order valence-corrected chi connectivity index (χ2v) is 6.78. The molecule has 0 radical (unpaired) electrons. The molecule has 1 N–H and O–H groups in total. The zero-order valence-corrected chi connectivity index (χ0v) is 14.3. The van der Waals surface area contributed by atoms with Crippen LogP contribution in [0.1, 0.15) is 4.88 Å². The lowest BCUT2D eigenvalue weighted by Gasteiger charge is -2.27. The fourth-order valence-electron chi connectivity index (χ4n) is 2.86. The zero-order valence-electron chi connectivity index (χ0n) is 13.4. The Morgan fingerprint density at radius 2 is 1.96 bits per heavy atom. The molecule has 0 unspecified atom stereocenters. The molecule has 3 heterocycles. The summed E-state index contributed by atoms with van der Waals surface area (Å²) in [4.78, 5) is 13.1. The Labute approximate surface area is 145 Å². The molecule has 0 aliphatic carbocycles. The van der Waals surface area contributed by atoms with Crippen molar-refractivity contribution in [2.24, 2.45) is 0 Å². The van der Waals surface area contributed by atoms with Crippen molar-refractivity contribution in [1.29, 1.82) is 0 Å². The SMILES string of the molecule is c1csc(CCNc2nc(N3CCOCC3)nc3ccccc23)c1. The summed E-state index contributed by atoms with van der Waals surface area (Å²) < 4.78 is 5.43. The van der Waals surface area contributed by atoms with Gasteiger partial charge in [-0.3, -0.25) is 0 Å². The van der Waals surface area contributed by atoms with Crippen LogP contribution < -0.4 is 10.2 Å². The number of hydrogen-bond donors (Lipinski definition) is 1. The highest BCUT2D eigenvalue weighted by Crippen LogP contribution is 2.24. The molecule has 6 heteroatoms. The third kappa shape index (κ3) is 3.34. The zero-order chi connectivity index (χ0) is 16.2. The number of thiophene rings is 1. The van der Waals surface area contributed by atoms with Gasteiger partial charge in [0.1, 0.15) is 5.82 Å². The van der Waals surface area contributed by atoms with Gasteiger partial charge in [-0.1, -0.05) is 18.2 Å². The van der Waals surface area contributed by atoms with E-state index in [1.807, 2.05) is 18.2 Å². The van der Waals surface area contributed by atoms with E-state index < -0.39 is 0 Å². The number of anilines is 2. The first-order valence-electron chi connectivity index (χ1n) is 8.26. The van der Waals surface area contributed by atoms with Crippen LogP contribution in [0.2, 0.25) is 0 Å². The predicted molar refractivity (Wildman–Crippen MR) is 99.1 cm³/mol. The second kappa shape index (κ2) is 7.15. The smallest absolute Gasteiger partial charge is 0.228 e. The van der Waals surface area contributed by atoms with Crippen molar-refractivity contribution in [3.63, 3.8) is 0 Å². The van der Waals surface area contributed by atoms with Gasteiger partial charge in [0, 0.05) is 29.9 Å². The Balaban J connectivity index is 1.59. The first-order valence-corrected chi connectivity index (χ1v) is 9.14. The molecule has 24 heavy (non-hydrogen) atoms. The standard InChI is InChI=1S/C18H20N4OS/c1-2-6-16-15(5-1)17(19-8-7-14-4-3-13-24-14)21-18(20-16)22-9-11-23-12-10-22/h1-6,13H,7-12H2,(H,19,20,21). The van der Waals surface area contributed by atoms with Crippen molar-refractivity contribution < 1.29 is 4.74 Å². The molecular formula is C18H20N4OS. The van der Waals surface area contributed by atoms with Crippen LogP contribution in [-0.4, -0.2) is 42.8 Å². The molecule has 1 aromatic carbocycles. The molecule has 1 aliphatic rings. The number of morpholine rings is 1. The van der Waals surface area contributed by atoms with Gasteiger partial charge in [0.05, 0.1) is 18.7 Å². The number of benzene rings is 1. The molecule has 0 amide bonds. The molecule has 0 atom stereocenters. The molecule has 1 fully saturated rings. The minimum atomic E-state index is 0.733. The molecular weight excluding hydrogens is 320 g/mol. The topological polar surface area (TPSA) is 50.3 Å². The molecule has 1 saturated heterocycles. The maximum atomic E-state index is 5.43. The molecule has 2 aromatic heterocycles. The van der Waals surface area contributed by atoms with E-state index in [1.165, 1.54) is 4.88 Å². The minimum absolute atomic E-state index is 0.733. The number of fused-ring (bicyclic) bond motifs is 1. The summed E-state index contributed by atoms with van der Waals surface area (Å²) in [6.07, 6.45) is 1.00. The van der Waals surface area contributed by atoms with Gasteiger partial charge in [0.25, 0.3) is 0 Å². The van der Waals surface area contributed by atoms with Gasteiger partial charge < -0.3 is 15.0 Å². The van der Waals surface area contributed by atoms with Crippen LogP contribution in [0.5, 0.6) is 0 Å². The van der Waals surface area contributed by atoms with Crippen LogP contribution in [0, 0.1) is 0 Å². The van der Waals surface area contributed by atoms with E-state index in [-0.39, 0.29) is 0 Å². The molecule has 0 spiro atoms. The molecule has 5 nitrogen and oxygen atoms in total.